The van der Waals surface area contributed by atoms with Crippen molar-refractivity contribution in [1.29, 1.82) is 0 Å². The summed E-state index contributed by atoms with van der Waals surface area (Å²) in [6, 6.07) is 9.30. The molecule has 2 aliphatic rings. The first-order valence-electron chi connectivity index (χ1n) is 8.55. The SMILES string of the molecule is NC(=O)c1ccc2c(c1)CN(CC1(c3ccc(F)cc3)NC(=O)NC1O)C2=O. The molecule has 0 spiro atoms. The van der Waals surface area contributed by atoms with Crippen LogP contribution in [0.25, 0.3) is 0 Å². The van der Waals surface area contributed by atoms with Crippen molar-refractivity contribution in [1.82, 2.24) is 15.5 Å². The van der Waals surface area contributed by atoms with E-state index in [1.54, 1.807) is 6.07 Å². The van der Waals surface area contributed by atoms with Gasteiger partial charge >= 0.3 is 6.03 Å². The van der Waals surface area contributed by atoms with E-state index in [4.69, 9.17) is 5.73 Å². The van der Waals surface area contributed by atoms with Crippen LogP contribution in [0.15, 0.2) is 42.5 Å². The first-order chi connectivity index (χ1) is 13.3. The number of rotatable bonds is 4. The number of amides is 4. The molecule has 28 heavy (non-hydrogen) atoms. The van der Waals surface area contributed by atoms with Crippen molar-refractivity contribution in [2.45, 2.75) is 18.3 Å². The average molecular weight is 384 g/mol. The van der Waals surface area contributed by atoms with Crippen molar-refractivity contribution < 1.29 is 23.9 Å². The molecule has 0 saturated carbocycles. The van der Waals surface area contributed by atoms with Crippen LogP contribution in [-0.4, -0.2) is 40.6 Å². The van der Waals surface area contributed by atoms with Gasteiger partial charge in [-0.1, -0.05) is 12.1 Å². The molecule has 2 aromatic carbocycles. The van der Waals surface area contributed by atoms with Crippen LogP contribution in [-0.2, 0) is 12.1 Å². The van der Waals surface area contributed by atoms with Gasteiger partial charge in [-0.15, -0.1) is 0 Å². The number of aliphatic hydroxyl groups excluding tert-OH is 1. The maximum absolute atomic E-state index is 13.4. The highest BCUT2D eigenvalue weighted by atomic mass is 19.1. The highest BCUT2D eigenvalue weighted by Gasteiger charge is 2.50. The summed E-state index contributed by atoms with van der Waals surface area (Å²) in [5.74, 6) is -1.37. The van der Waals surface area contributed by atoms with E-state index in [0.717, 1.165) is 0 Å². The van der Waals surface area contributed by atoms with E-state index < -0.39 is 29.5 Å². The van der Waals surface area contributed by atoms with Gasteiger partial charge < -0.3 is 26.4 Å². The second kappa shape index (κ2) is 6.31. The lowest BCUT2D eigenvalue weighted by molar-refractivity contribution is 0.0436. The Labute approximate surface area is 159 Å². The number of aliphatic hydroxyl groups is 1. The van der Waals surface area contributed by atoms with Crippen molar-refractivity contribution >= 4 is 17.8 Å². The molecule has 144 valence electrons. The predicted octanol–water partition coefficient (Wildman–Crippen LogP) is 0.407. The Morgan fingerprint density at radius 3 is 2.57 bits per heavy atom. The quantitative estimate of drug-likeness (QED) is 0.609. The first kappa shape index (κ1) is 17.9. The molecule has 0 aromatic heterocycles. The van der Waals surface area contributed by atoms with Gasteiger partial charge in [0.15, 0.2) is 6.23 Å². The van der Waals surface area contributed by atoms with Crippen LogP contribution in [0.1, 0.15) is 31.8 Å². The third-order valence-corrected chi connectivity index (χ3v) is 5.14. The summed E-state index contributed by atoms with van der Waals surface area (Å²) < 4.78 is 13.4. The minimum atomic E-state index is -1.35. The number of carbonyl (C=O) groups is 3. The number of carbonyl (C=O) groups excluding carboxylic acids is 3. The maximum Gasteiger partial charge on any atom is 0.317 e. The van der Waals surface area contributed by atoms with Crippen LogP contribution < -0.4 is 16.4 Å². The molecule has 8 nitrogen and oxygen atoms in total. The van der Waals surface area contributed by atoms with Crippen LogP contribution in [0.2, 0.25) is 0 Å². The summed E-state index contributed by atoms with van der Waals surface area (Å²) in [6.07, 6.45) is -1.33. The van der Waals surface area contributed by atoms with Crippen LogP contribution in [0.5, 0.6) is 0 Å². The average Bonchev–Trinajstić information content (AvgIpc) is 3.11. The molecule has 2 unspecified atom stereocenters. The third-order valence-electron chi connectivity index (χ3n) is 5.14. The second-order valence-electron chi connectivity index (χ2n) is 6.88. The molecule has 5 N–H and O–H groups in total. The molecule has 0 aliphatic carbocycles. The van der Waals surface area contributed by atoms with Crippen LogP contribution in [0, 0.1) is 5.82 Å². The number of nitrogens with one attached hydrogen (secondary N) is 2. The highest BCUT2D eigenvalue weighted by molar-refractivity contribution is 6.00. The summed E-state index contributed by atoms with van der Waals surface area (Å²) in [5.41, 5.74) is 5.73. The van der Waals surface area contributed by atoms with Crippen molar-refractivity contribution in [3.8, 4) is 0 Å². The topological polar surface area (TPSA) is 125 Å². The summed E-state index contributed by atoms with van der Waals surface area (Å²) in [6.45, 7) is 0.124. The molecular formula is C19H17FN4O4. The lowest BCUT2D eigenvalue weighted by Gasteiger charge is -2.35. The molecule has 1 fully saturated rings. The van der Waals surface area contributed by atoms with Crippen LogP contribution in [0.4, 0.5) is 9.18 Å². The van der Waals surface area contributed by atoms with E-state index in [-0.39, 0.29) is 24.6 Å². The number of fused-ring (bicyclic) bond motifs is 1. The van der Waals surface area contributed by atoms with Gasteiger partial charge in [-0.3, -0.25) is 9.59 Å². The Kier molecular flexibility index (Phi) is 4.04. The second-order valence-corrected chi connectivity index (χ2v) is 6.88. The minimum Gasteiger partial charge on any atom is -0.371 e. The Morgan fingerprint density at radius 2 is 1.96 bits per heavy atom. The molecule has 2 heterocycles. The van der Waals surface area contributed by atoms with Crippen molar-refractivity contribution in [3.05, 3.63) is 70.5 Å². The molecule has 1 saturated heterocycles. The number of halogens is 1. The van der Waals surface area contributed by atoms with E-state index in [1.807, 2.05) is 0 Å². The van der Waals surface area contributed by atoms with Crippen LogP contribution >= 0.6 is 0 Å². The normalized spacial score (nSPS) is 23.4. The predicted molar refractivity (Wildman–Crippen MR) is 95.5 cm³/mol. The fourth-order valence-corrected chi connectivity index (χ4v) is 3.71. The van der Waals surface area contributed by atoms with Crippen molar-refractivity contribution in [3.63, 3.8) is 0 Å². The zero-order valence-electron chi connectivity index (χ0n) is 14.6. The molecular weight excluding hydrogens is 367 g/mol. The van der Waals surface area contributed by atoms with Gasteiger partial charge in [0.2, 0.25) is 5.91 Å². The molecule has 2 aliphatic heterocycles. The van der Waals surface area contributed by atoms with E-state index in [1.165, 1.54) is 41.3 Å². The maximum atomic E-state index is 13.4. The Balaban J connectivity index is 1.68. The van der Waals surface area contributed by atoms with Gasteiger partial charge in [-0.2, -0.15) is 0 Å². The zero-order chi connectivity index (χ0) is 20.1. The fourth-order valence-electron chi connectivity index (χ4n) is 3.71. The van der Waals surface area contributed by atoms with Gasteiger partial charge in [-0.05, 0) is 41.5 Å². The monoisotopic (exact) mass is 384 g/mol. The fraction of sp³-hybridized carbons (Fsp3) is 0.211. The van der Waals surface area contributed by atoms with Gasteiger partial charge in [0.05, 0.1) is 6.54 Å². The summed E-state index contributed by atoms with van der Waals surface area (Å²) in [4.78, 5) is 37.6. The third kappa shape index (κ3) is 2.76. The molecule has 2 aromatic rings. The molecule has 9 heteroatoms. The Morgan fingerprint density at radius 1 is 1.25 bits per heavy atom. The van der Waals surface area contributed by atoms with Gasteiger partial charge in [0, 0.05) is 17.7 Å². The molecule has 0 radical (unpaired) electrons. The number of primary amides is 1. The Bertz CT molecular complexity index is 994. The van der Waals surface area contributed by atoms with E-state index >= 15 is 0 Å². The van der Waals surface area contributed by atoms with E-state index in [9.17, 15) is 23.9 Å². The standard InChI is InChI=1S/C19H17FN4O4/c20-13-4-2-12(3-5-13)19(17(27)22-18(28)23-19)9-24-8-11-7-10(15(21)25)1-6-14(11)16(24)26/h1-7,17,27H,8-9H2,(H2,21,25)(H2,22,23,28). The van der Waals surface area contributed by atoms with E-state index in [0.29, 0.717) is 16.7 Å². The number of urea groups is 1. The van der Waals surface area contributed by atoms with E-state index in [2.05, 4.69) is 10.6 Å². The molecule has 4 amide bonds. The van der Waals surface area contributed by atoms with Gasteiger partial charge in [-0.25, -0.2) is 9.18 Å². The van der Waals surface area contributed by atoms with Crippen molar-refractivity contribution in [2.75, 3.05) is 6.54 Å². The zero-order valence-corrected chi connectivity index (χ0v) is 14.6. The largest absolute Gasteiger partial charge is 0.371 e. The van der Waals surface area contributed by atoms with Gasteiger partial charge in [0.1, 0.15) is 11.4 Å². The lowest BCUT2D eigenvalue weighted by Crippen LogP contribution is -2.54. The summed E-state index contributed by atoms with van der Waals surface area (Å²) in [7, 11) is 0. The molecule has 0 bridgehead atoms. The minimum absolute atomic E-state index is 0.0576. The number of hydrogen-bond acceptors (Lipinski definition) is 4. The smallest absolute Gasteiger partial charge is 0.317 e. The number of hydrogen-bond donors (Lipinski definition) is 4. The number of nitrogens with zero attached hydrogens (tertiary/aromatic N) is 1. The number of nitrogens with two attached hydrogens (primary N) is 1. The highest BCUT2D eigenvalue weighted by Crippen LogP contribution is 2.33. The molecule has 4 rings (SSSR count). The van der Waals surface area contributed by atoms with Crippen molar-refractivity contribution in [2.24, 2.45) is 5.73 Å². The summed E-state index contributed by atoms with van der Waals surface area (Å²) in [5, 5.41) is 15.6. The van der Waals surface area contributed by atoms with Gasteiger partial charge in [0.25, 0.3) is 5.91 Å². The lowest BCUT2D eigenvalue weighted by atomic mass is 9.88. The summed E-state index contributed by atoms with van der Waals surface area (Å²) >= 11 is 0. The first-order valence-corrected chi connectivity index (χ1v) is 8.55. The van der Waals surface area contributed by atoms with Crippen LogP contribution in [0.3, 0.4) is 0 Å². The number of benzene rings is 2. The molecule has 2 atom stereocenters. The Hall–Kier alpha value is -3.46.